The van der Waals surface area contributed by atoms with Gasteiger partial charge in [0.05, 0.1) is 0 Å². The molecule has 0 aliphatic carbocycles. The van der Waals surface area contributed by atoms with E-state index in [2.05, 4.69) is 118 Å². The normalized spacial score (nSPS) is 12.8. The zero-order chi connectivity index (χ0) is 50.0. The maximum absolute atomic E-state index is 12.9. The molecule has 0 aromatic heterocycles. The number of esters is 3. The Kier molecular flexibility index (Phi) is 53.9. The summed E-state index contributed by atoms with van der Waals surface area (Å²) in [5, 5.41) is 0. The third-order valence-corrected chi connectivity index (χ3v) is 12.1. The molecular weight excluding hydrogens is 853 g/mol. The SMILES string of the molecule is CC/C=C\C/C=C\C/C=C\C/C=C\CCCCCCC(=O)OCC(COC(=O)CCCCCCCCCCCCCCCCCCC)OC(=O)CCCCCC/C=C\C/C=C\C/C=C\C/C=C\CC. The number of hydrogen-bond acceptors (Lipinski definition) is 6. The van der Waals surface area contributed by atoms with Crippen molar-refractivity contribution in [1.82, 2.24) is 0 Å². The third kappa shape index (κ3) is 55.1. The lowest BCUT2D eigenvalue weighted by Crippen LogP contribution is -2.30. The van der Waals surface area contributed by atoms with Gasteiger partial charge in [-0.2, -0.15) is 0 Å². The lowest BCUT2D eigenvalue weighted by Gasteiger charge is -2.18. The van der Waals surface area contributed by atoms with Gasteiger partial charge < -0.3 is 14.2 Å². The summed E-state index contributed by atoms with van der Waals surface area (Å²) in [5.74, 6) is -0.938. The molecule has 0 saturated carbocycles. The standard InChI is InChI=1S/C63H106O6/c1-4-7-10-13-16-19-22-25-28-31-34-37-40-43-46-49-52-55-61(64)67-58-60(69-63(66)57-54-51-48-45-42-39-36-33-30-27-24-21-18-15-12-9-6-3)59-68-62(65)56-53-50-47-44-41-38-35-32-29-26-23-20-17-14-11-8-5-2/h7,9-10,12,16,18-19,21,25,27-28,30,34,36-37,39,60H,4-6,8,11,13-15,17,20,22-24,26,29,31-33,35,38,40-59H2,1-3H3/b10-7-,12-9-,19-16-,21-18-,28-25-,30-27-,37-34-,39-36-. The van der Waals surface area contributed by atoms with Crippen LogP contribution in [0.25, 0.3) is 0 Å². The van der Waals surface area contributed by atoms with Crippen LogP contribution < -0.4 is 0 Å². The fraction of sp³-hybridized carbons (Fsp3) is 0.698. The molecule has 69 heavy (non-hydrogen) atoms. The first-order valence-corrected chi connectivity index (χ1v) is 28.7. The monoisotopic (exact) mass is 959 g/mol. The van der Waals surface area contributed by atoms with Gasteiger partial charge in [-0.25, -0.2) is 0 Å². The average molecular weight is 960 g/mol. The minimum absolute atomic E-state index is 0.0943. The second-order valence-electron chi connectivity index (χ2n) is 18.8. The fourth-order valence-electron chi connectivity index (χ4n) is 7.84. The van der Waals surface area contributed by atoms with Gasteiger partial charge in [-0.15, -0.1) is 0 Å². The van der Waals surface area contributed by atoms with Crippen molar-refractivity contribution >= 4 is 17.9 Å². The van der Waals surface area contributed by atoms with E-state index in [1.807, 2.05) is 0 Å². The number of ether oxygens (including phenoxy) is 3. The van der Waals surface area contributed by atoms with E-state index in [0.717, 1.165) is 135 Å². The topological polar surface area (TPSA) is 78.9 Å². The van der Waals surface area contributed by atoms with E-state index < -0.39 is 6.10 Å². The number of rotatable bonds is 51. The Morgan fingerprint density at radius 2 is 0.565 bits per heavy atom. The Balaban J connectivity index is 4.46. The maximum atomic E-state index is 12.9. The van der Waals surface area contributed by atoms with Gasteiger partial charge in [-0.1, -0.05) is 246 Å². The Morgan fingerprint density at radius 3 is 0.884 bits per heavy atom. The molecule has 1 atom stereocenters. The average Bonchev–Trinajstić information content (AvgIpc) is 3.35. The predicted octanol–water partition coefficient (Wildman–Crippen LogP) is 19.3. The van der Waals surface area contributed by atoms with Crippen LogP contribution in [0.4, 0.5) is 0 Å². The Labute approximate surface area is 426 Å². The van der Waals surface area contributed by atoms with Crippen molar-refractivity contribution in [3.05, 3.63) is 97.2 Å². The first-order chi connectivity index (χ1) is 34.0. The zero-order valence-electron chi connectivity index (χ0n) is 45.0. The molecule has 0 radical (unpaired) electrons. The van der Waals surface area contributed by atoms with Crippen molar-refractivity contribution in [2.75, 3.05) is 13.2 Å². The Bertz CT molecular complexity index is 1380. The van der Waals surface area contributed by atoms with Gasteiger partial charge in [-0.05, 0) is 96.3 Å². The molecule has 0 heterocycles. The summed E-state index contributed by atoms with van der Waals surface area (Å²) in [6, 6.07) is 0. The summed E-state index contributed by atoms with van der Waals surface area (Å²) in [6.07, 6.45) is 75.4. The molecule has 0 fully saturated rings. The number of allylic oxidation sites excluding steroid dienone is 16. The number of carbonyl (C=O) groups excluding carboxylic acids is 3. The second kappa shape index (κ2) is 56.9. The minimum atomic E-state index is -0.801. The van der Waals surface area contributed by atoms with Crippen LogP contribution in [0.3, 0.4) is 0 Å². The van der Waals surface area contributed by atoms with Crippen molar-refractivity contribution in [2.24, 2.45) is 0 Å². The van der Waals surface area contributed by atoms with Crippen LogP contribution in [0.15, 0.2) is 97.2 Å². The van der Waals surface area contributed by atoms with E-state index in [9.17, 15) is 14.4 Å². The molecule has 0 spiro atoms. The molecule has 1 unspecified atom stereocenters. The van der Waals surface area contributed by atoms with Gasteiger partial charge in [0.25, 0.3) is 0 Å². The van der Waals surface area contributed by atoms with Crippen molar-refractivity contribution < 1.29 is 28.6 Å². The molecule has 6 nitrogen and oxygen atoms in total. The Hall–Kier alpha value is -3.67. The van der Waals surface area contributed by atoms with E-state index in [4.69, 9.17) is 14.2 Å². The first kappa shape index (κ1) is 65.3. The first-order valence-electron chi connectivity index (χ1n) is 28.7. The summed E-state index contributed by atoms with van der Waals surface area (Å²) in [4.78, 5) is 38.2. The van der Waals surface area contributed by atoms with Crippen LogP contribution in [0.2, 0.25) is 0 Å². The third-order valence-electron chi connectivity index (χ3n) is 12.1. The van der Waals surface area contributed by atoms with E-state index in [-0.39, 0.29) is 31.1 Å². The van der Waals surface area contributed by atoms with Gasteiger partial charge >= 0.3 is 17.9 Å². The number of hydrogen-bond donors (Lipinski definition) is 0. The second-order valence-corrected chi connectivity index (χ2v) is 18.8. The van der Waals surface area contributed by atoms with Crippen molar-refractivity contribution in [3.8, 4) is 0 Å². The largest absolute Gasteiger partial charge is 0.462 e. The highest BCUT2D eigenvalue weighted by molar-refractivity contribution is 5.71. The van der Waals surface area contributed by atoms with E-state index in [1.165, 1.54) is 89.9 Å². The van der Waals surface area contributed by atoms with Gasteiger partial charge in [0, 0.05) is 19.3 Å². The highest BCUT2D eigenvalue weighted by Crippen LogP contribution is 2.16. The molecule has 0 aromatic rings. The lowest BCUT2D eigenvalue weighted by molar-refractivity contribution is -0.167. The Morgan fingerprint density at radius 1 is 0.304 bits per heavy atom. The van der Waals surface area contributed by atoms with Crippen molar-refractivity contribution in [1.29, 1.82) is 0 Å². The van der Waals surface area contributed by atoms with Gasteiger partial charge in [-0.3, -0.25) is 14.4 Å². The molecule has 0 bridgehead atoms. The summed E-state index contributed by atoms with van der Waals surface area (Å²) in [7, 11) is 0. The van der Waals surface area contributed by atoms with Crippen molar-refractivity contribution in [2.45, 2.75) is 271 Å². The van der Waals surface area contributed by atoms with Gasteiger partial charge in [0.1, 0.15) is 13.2 Å². The molecule has 0 aliphatic rings. The van der Waals surface area contributed by atoms with E-state index in [1.54, 1.807) is 0 Å². The highest BCUT2D eigenvalue weighted by atomic mass is 16.6. The lowest BCUT2D eigenvalue weighted by atomic mass is 10.0. The molecule has 0 aromatic carbocycles. The van der Waals surface area contributed by atoms with Crippen LogP contribution in [-0.4, -0.2) is 37.2 Å². The van der Waals surface area contributed by atoms with Gasteiger partial charge in [0.15, 0.2) is 6.10 Å². The maximum Gasteiger partial charge on any atom is 0.306 e. The summed E-state index contributed by atoms with van der Waals surface area (Å²) < 4.78 is 16.8. The van der Waals surface area contributed by atoms with Crippen LogP contribution in [-0.2, 0) is 28.6 Å². The summed E-state index contributed by atoms with van der Waals surface area (Å²) in [6.45, 7) is 6.39. The van der Waals surface area contributed by atoms with E-state index >= 15 is 0 Å². The van der Waals surface area contributed by atoms with Crippen LogP contribution in [0.5, 0.6) is 0 Å². The van der Waals surface area contributed by atoms with Crippen molar-refractivity contribution in [3.63, 3.8) is 0 Å². The van der Waals surface area contributed by atoms with Gasteiger partial charge in [0.2, 0.25) is 0 Å². The quantitative estimate of drug-likeness (QED) is 0.0262. The molecule has 0 aliphatic heterocycles. The molecule has 0 N–H and O–H groups in total. The van der Waals surface area contributed by atoms with Crippen LogP contribution in [0.1, 0.15) is 265 Å². The molecule has 0 saturated heterocycles. The van der Waals surface area contributed by atoms with E-state index in [0.29, 0.717) is 19.3 Å². The molecule has 0 rings (SSSR count). The smallest absolute Gasteiger partial charge is 0.306 e. The van der Waals surface area contributed by atoms with Crippen LogP contribution in [0, 0.1) is 0 Å². The fourth-order valence-corrected chi connectivity index (χ4v) is 7.84. The molecule has 0 amide bonds. The number of carbonyl (C=O) groups is 3. The highest BCUT2D eigenvalue weighted by Gasteiger charge is 2.19. The molecular formula is C63H106O6. The predicted molar refractivity (Wildman–Crippen MR) is 297 cm³/mol. The molecule has 6 heteroatoms. The minimum Gasteiger partial charge on any atom is -0.462 e. The molecule has 394 valence electrons. The summed E-state index contributed by atoms with van der Waals surface area (Å²) >= 11 is 0. The zero-order valence-corrected chi connectivity index (χ0v) is 45.0. The number of unbranched alkanes of at least 4 members (excludes halogenated alkanes) is 24. The van der Waals surface area contributed by atoms with Crippen LogP contribution >= 0.6 is 0 Å². The summed E-state index contributed by atoms with van der Waals surface area (Å²) in [5.41, 5.74) is 0.